The second-order valence-electron chi connectivity index (χ2n) is 11.0. The van der Waals surface area contributed by atoms with E-state index in [2.05, 4.69) is 27.9 Å². The van der Waals surface area contributed by atoms with Gasteiger partial charge < -0.3 is 14.0 Å². The van der Waals surface area contributed by atoms with Gasteiger partial charge in [-0.25, -0.2) is 0 Å². The van der Waals surface area contributed by atoms with Gasteiger partial charge in [0.1, 0.15) is 13.2 Å². The van der Waals surface area contributed by atoms with E-state index in [4.69, 9.17) is 9.47 Å². The summed E-state index contributed by atoms with van der Waals surface area (Å²) in [5.74, 6) is -0.0661. The van der Waals surface area contributed by atoms with Crippen LogP contribution in [0.1, 0.15) is 142 Å². The van der Waals surface area contributed by atoms with Crippen LogP contribution in [-0.4, -0.2) is 57.5 Å². The van der Waals surface area contributed by atoms with Gasteiger partial charge in [-0.15, -0.1) is 0 Å². The third-order valence-corrected chi connectivity index (χ3v) is 6.93. The number of carbonyl (C=O) groups is 1. The quantitative estimate of drug-likeness (QED) is 0.0666. The van der Waals surface area contributed by atoms with Crippen molar-refractivity contribution in [1.82, 2.24) is 0 Å². The second-order valence-corrected chi connectivity index (χ2v) is 11.0. The van der Waals surface area contributed by atoms with Crippen LogP contribution in [0.5, 0.6) is 0 Å². The molecule has 0 atom stereocenters. The molecule has 0 rings (SSSR count). The zero-order chi connectivity index (χ0) is 25.2. The zero-order valence-electron chi connectivity index (χ0n) is 23.8. The topological polar surface area (TPSA) is 35.5 Å². The number of quaternary nitrogens is 1. The van der Waals surface area contributed by atoms with Crippen molar-refractivity contribution in [2.75, 3.05) is 47.0 Å². The molecule has 34 heavy (non-hydrogen) atoms. The molecule has 0 aromatic rings. The Morgan fingerprint density at radius 3 is 1.47 bits per heavy atom. The van der Waals surface area contributed by atoms with Crippen LogP contribution in [0.4, 0.5) is 0 Å². The van der Waals surface area contributed by atoms with E-state index in [9.17, 15) is 4.79 Å². The van der Waals surface area contributed by atoms with Gasteiger partial charge in [0.2, 0.25) is 0 Å². The molecule has 0 unspecified atom stereocenters. The highest BCUT2D eigenvalue weighted by atomic mass is 16.6. The summed E-state index contributed by atoms with van der Waals surface area (Å²) >= 11 is 0. The highest BCUT2D eigenvalue weighted by Crippen LogP contribution is 2.12. The minimum atomic E-state index is -0.0661. The normalized spacial score (nSPS) is 11.8. The van der Waals surface area contributed by atoms with Gasteiger partial charge in [-0.1, -0.05) is 117 Å². The number of ether oxygens (including phenoxy) is 2. The fraction of sp³-hybridized carbons (Fsp3) is 0.967. The summed E-state index contributed by atoms with van der Waals surface area (Å²) in [6.07, 6.45) is 25.8. The lowest BCUT2D eigenvalue weighted by Gasteiger charge is -2.29. The van der Waals surface area contributed by atoms with Crippen molar-refractivity contribution in [2.45, 2.75) is 142 Å². The van der Waals surface area contributed by atoms with Crippen molar-refractivity contribution in [3.63, 3.8) is 0 Å². The highest BCUT2D eigenvalue weighted by Gasteiger charge is 2.14. The molecule has 204 valence electrons. The van der Waals surface area contributed by atoms with E-state index < -0.39 is 0 Å². The van der Waals surface area contributed by atoms with E-state index in [0.717, 1.165) is 30.5 Å². The molecule has 0 spiro atoms. The highest BCUT2D eigenvalue weighted by molar-refractivity contribution is 5.69. The number of hydrogen-bond acceptors (Lipinski definition) is 3. The van der Waals surface area contributed by atoms with E-state index in [1.54, 1.807) is 0 Å². The standard InChI is InChI=1S/C30H62NO3/c1-5-7-9-11-13-15-17-19-21-23-25-31(3,4)26-27-33-28-29-34-30(32)24-22-20-18-16-14-12-10-8-6-2/h5-29H2,1-4H3/q+1. The molecule has 0 heterocycles. The predicted octanol–water partition coefficient (Wildman–Crippen LogP) is 8.46. The van der Waals surface area contributed by atoms with Gasteiger partial charge in [-0.3, -0.25) is 4.79 Å². The number of hydrogen-bond donors (Lipinski definition) is 0. The van der Waals surface area contributed by atoms with Crippen LogP contribution in [0.2, 0.25) is 0 Å². The first-order chi connectivity index (χ1) is 16.5. The van der Waals surface area contributed by atoms with Crippen LogP contribution in [0.15, 0.2) is 0 Å². The van der Waals surface area contributed by atoms with E-state index in [-0.39, 0.29) is 5.97 Å². The number of esters is 1. The summed E-state index contributed by atoms with van der Waals surface area (Å²) in [4.78, 5) is 11.8. The van der Waals surface area contributed by atoms with Gasteiger partial charge in [-0.2, -0.15) is 0 Å². The number of nitrogens with zero attached hydrogens (tertiary/aromatic N) is 1. The Kier molecular flexibility index (Phi) is 25.0. The first-order valence-corrected chi connectivity index (χ1v) is 15.1. The smallest absolute Gasteiger partial charge is 0.305 e. The molecule has 0 N–H and O–H groups in total. The summed E-state index contributed by atoms with van der Waals surface area (Å²) < 4.78 is 12.1. The largest absolute Gasteiger partial charge is 0.463 e. The maximum Gasteiger partial charge on any atom is 0.305 e. The molecule has 0 aliphatic heterocycles. The molecule has 0 aromatic heterocycles. The number of unbranched alkanes of at least 4 members (excludes halogenated alkanes) is 17. The molecule has 0 amide bonds. The van der Waals surface area contributed by atoms with Crippen molar-refractivity contribution < 1.29 is 18.8 Å². The van der Waals surface area contributed by atoms with Crippen LogP contribution in [0, 0.1) is 0 Å². The van der Waals surface area contributed by atoms with Crippen LogP contribution in [0.25, 0.3) is 0 Å². The van der Waals surface area contributed by atoms with Crippen LogP contribution in [0.3, 0.4) is 0 Å². The SMILES string of the molecule is CCCCCCCCCCCC[N+](C)(C)CCOCCOC(=O)CCCCCCCCCCC. The molecular formula is C30H62NO3+. The molecule has 4 heteroatoms. The molecule has 0 radical (unpaired) electrons. The Hall–Kier alpha value is -0.610. The van der Waals surface area contributed by atoms with Crippen LogP contribution >= 0.6 is 0 Å². The molecule has 0 aromatic carbocycles. The molecule has 0 saturated carbocycles. The fourth-order valence-corrected chi connectivity index (χ4v) is 4.42. The summed E-state index contributed by atoms with van der Waals surface area (Å²) in [7, 11) is 4.59. The Morgan fingerprint density at radius 2 is 0.971 bits per heavy atom. The lowest BCUT2D eigenvalue weighted by molar-refractivity contribution is -0.891. The first-order valence-electron chi connectivity index (χ1n) is 15.1. The maximum absolute atomic E-state index is 11.8. The van der Waals surface area contributed by atoms with E-state index in [0.29, 0.717) is 19.6 Å². The summed E-state index contributed by atoms with van der Waals surface area (Å²) in [5, 5.41) is 0. The van der Waals surface area contributed by atoms with Crippen molar-refractivity contribution in [3.8, 4) is 0 Å². The van der Waals surface area contributed by atoms with Gasteiger partial charge in [0.15, 0.2) is 0 Å². The van der Waals surface area contributed by atoms with E-state index in [1.807, 2.05) is 0 Å². The molecule has 0 fully saturated rings. The third-order valence-electron chi connectivity index (χ3n) is 6.93. The Bertz CT molecular complexity index is 425. The van der Waals surface area contributed by atoms with Crippen molar-refractivity contribution >= 4 is 5.97 Å². The molecule has 0 bridgehead atoms. The fourth-order valence-electron chi connectivity index (χ4n) is 4.42. The van der Waals surface area contributed by atoms with E-state index >= 15 is 0 Å². The monoisotopic (exact) mass is 484 g/mol. The molecule has 0 aliphatic carbocycles. The van der Waals surface area contributed by atoms with Gasteiger partial charge in [-0.05, 0) is 19.3 Å². The van der Waals surface area contributed by atoms with Crippen LogP contribution in [-0.2, 0) is 14.3 Å². The average Bonchev–Trinajstić information content (AvgIpc) is 2.81. The summed E-state index contributed by atoms with van der Waals surface area (Å²) in [6.45, 7) is 8.41. The molecule has 0 saturated heterocycles. The summed E-state index contributed by atoms with van der Waals surface area (Å²) in [6, 6.07) is 0. The third kappa shape index (κ3) is 26.0. The first kappa shape index (κ1) is 33.4. The van der Waals surface area contributed by atoms with Crippen molar-refractivity contribution in [3.05, 3.63) is 0 Å². The van der Waals surface area contributed by atoms with Crippen molar-refractivity contribution in [2.24, 2.45) is 0 Å². The van der Waals surface area contributed by atoms with Gasteiger partial charge in [0, 0.05) is 6.42 Å². The van der Waals surface area contributed by atoms with Crippen molar-refractivity contribution in [1.29, 1.82) is 0 Å². The number of rotatable bonds is 27. The lowest BCUT2D eigenvalue weighted by Crippen LogP contribution is -2.43. The second kappa shape index (κ2) is 25.5. The maximum atomic E-state index is 11.8. The van der Waals surface area contributed by atoms with Gasteiger partial charge >= 0.3 is 5.97 Å². The number of likely N-dealkylation sites (N-methyl/N-ethyl adjacent to an activating group) is 1. The Balaban J connectivity index is 3.41. The number of carbonyl (C=O) groups excluding carboxylic acids is 1. The lowest BCUT2D eigenvalue weighted by atomic mass is 10.1. The Morgan fingerprint density at radius 1 is 0.529 bits per heavy atom. The van der Waals surface area contributed by atoms with Gasteiger partial charge in [0.05, 0.1) is 33.9 Å². The minimum Gasteiger partial charge on any atom is -0.463 e. The van der Waals surface area contributed by atoms with Crippen LogP contribution < -0.4 is 0 Å². The average molecular weight is 485 g/mol. The molecule has 4 nitrogen and oxygen atoms in total. The predicted molar refractivity (Wildman–Crippen MR) is 147 cm³/mol. The molecular weight excluding hydrogens is 422 g/mol. The van der Waals surface area contributed by atoms with E-state index in [1.165, 1.54) is 116 Å². The molecule has 0 aliphatic rings. The Labute approximate surface area is 214 Å². The minimum absolute atomic E-state index is 0.0661. The van der Waals surface area contributed by atoms with Gasteiger partial charge in [0.25, 0.3) is 0 Å². The zero-order valence-corrected chi connectivity index (χ0v) is 23.8. The summed E-state index contributed by atoms with van der Waals surface area (Å²) in [5.41, 5.74) is 0.